The standard InChI is InChI=1S/C17H20ClNO2S/c1-12-10-11-14(13-8-6-5-7-9-13)16(15(12)18)22(20,21)19-17(2,3)4/h5-11,19H,1-4H3. The fraction of sp³-hybridized carbons (Fsp3) is 0.294. The zero-order valence-electron chi connectivity index (χ0n) is 13.1. The van der Waals surface area contributed by atoms with Gasteiger partial charge in [0.15, 0.2) is 0 Å². The number of benzene rings is 2. The average molecular weight is 338 g/mol. The number of hydrogen-bond donors (Lipinski definition) is 1. The molecule has 0 radical (unpaired) electrons. The van der Waals surface area contributed by atoms with Gasteiger partial charge in [0.1, 0.15) is 4.90 Å². The third-order valence-electron chi connectivity index (χ3n) is 3.08. The van der Waals surface area contributed by atoms with E-state index in [1.807, 2.05) is 36.4 Å². The summed E-state index contributed by atoms with van der Waals surface area (Å²) in [5, 5.41) is 0.262. The van der Waals surface area contributed by atoms with Crippen molar-refractivity contribution in [3.05, 3.63) is 53.1 Å². The molecule has 0 aromatic heterocycles. The second-order valence-electron chi connectivity index (χ2n) is 6.29. The van der Waals surface area contributed by atoms with Crippen LogP contribution in [0.5, 0.6) is 0 Å². The Labute approximate surface area is 137 Å². The third-order valence-corrected chi connectivity index (χ3v) is 5.53. The highest BCUT2D eigenvalue weighted by molar-refractivity contribution is 7.89. The van der Waals surface area contributed by atoms with Crippen molar-refractivity contribution in [3.63, 3.8) is 0 Å². The number of sulfonamides is 1. The summed E-state index contributed by atoms with van der Waals surface area (Å²) in [6.07, 6.45) is 0. The van der Waals surface area contributed by atoms with Gasteiger partial charge in [-0.2, -0.15) is 0 Å². The van der Waals surface area contributed by atoms with Crippen molar-refractivity contribution in [3.8, 4) is 11.1 Å². The molecule has 0 aliphatic carbocycles. The summed E-state index contributed by atoms with van der Waals surface area (Å²) < 4.78 is 28.3. The smallest absolute Gasteiger partial charge is 0.207 e. The largest absolute Gasteiger partial charge is 0.243 e. The molecule has 0 fully saturated rings. The molecule has 2 aromatic rings. The first kappa shape index (κ1) is 17.0. The van der Waals surface area contributed by atoms with E-state index in [0.717, 1.165) is 11.1 Å². The molecule has 2 rings (SSSR count). The highest BCUT2D eigenvalue weighted by atomic mass is 35.5. The van der Waals surface area contributed by atoms with Crippen molar-refractivity contribution in [2.75, 3.05) is 0 Å². The first-order valence-electron chi connectivity index (χ1n) is 7.00. The lowest BCUT2D eigenvalue weighted by molar-refractivity contribution is 0.491. The Morgan fingerprint density at radius 1 is 1.00 bits per heavy atom. The Morgan fingerprint density at radius 3 is 2.14 bits per heavy atom. The van der Waals surface area contributed by atoms with E-state index in [0.29, 0.717) is 5.56 Å². The van der Waals surface area contributed by atoms with Crippen LogP contribution in [0.2, 0.25) is 5.02 Å². The van der Waals surface area contributed by atoms with Crippen LogP contribution in [0, 0.1) is 6.92 Å². The predicted octanol–water partition coefficient (Wildman–Crippen LogP) is 4.39. The van der Waals surface area contributed by atoms with E-state index >= 15 is 0 Å². The lowest BCUT2D eigenvalue weighted by Crippen LogP contribution is -2.40. The molecule has 0 unspecified atom stereocenters. The SMILES string of the molecule is Cc1ccc(-c2ccccc2)c(S(=O)(=O)NC(C)(C)C)c1Cl. The zero-order valence-corrected chi connectivity index (χ0v) is 14.7. The van der Waals surface area contributed by atoms with Crippen LogP contribution in [0.4, 0.5) is 0 Å². The van der Waals surface area contributed by atoms with E-state index in [1.165, 1.54) is 0 Å². The molecule has 0 aliphatic rings. The Morgan fingerprint density at radius 2 is 1.59 bits per heavy atom. The van der Waals surface area contributed by atoms with Gasteiger partial charge < -0.3 is 0 Å². The van der Waals surface area contributed by atoms with Crippen molar-refractivity contribution in [2.24, 2.45) is 0 Å². The van der Waals surface area contributed by atoms with E-state index in [4.69, 9.17) is 11.6 Å². The summed E-state index contributed by atoms with van der Waals surface area (Å²) in [5.41, 5.74) is 1.57. The van der Waals surface area contributed by atoms with Crippen LogP contribution < -0.4 is 4.72 Å². The van der Waals surface area contributed by atoms with Crippen LogP contribution in [-0.2, 0) is 10.0 Å². The van der Waals surface area contributed by atoms with Gasteiger partial charge in [0.2, 0.25) is 10.0 Å². The minimum atomic E-state index is -3.73. The number of halogens is 1. The molecule has 0 atom stereocenters. The van der Waals surface area contributed by atoms with Gasteiger partial charge in [-0.1, -0.05) is 54.1 Å². The minimum absolute atomic E-state index is 0.135. The van der Waals surface area contributed by atoms with E-state index in [9.17, 15) is 8.42 Å². The first-order chi connectivity index (χ1) is 10.1. The van der Waals surface area contributed by atoms with Crippen molar-refractivity contribution >= 4 is 21.6 Å². The molecule has 0 amide bonds. The van der Waals surface area contributed by atoms with Crippen LogP contribution in [0.25, 0.3) is 11.1 Å². The monoisotopic (exact) mass is 337 g/mol. The molecule has 2 aromatic carbocycles. The van der Waals surface area contributed by atoms with Crippen LogP contribution in [0.3, 0.4) is 0 Å². The Hall–Kier alpha value is -1.36. The summed E-state index contributed by atoms with van der Waals surface area (Å²) >= 11 is 6.34. The number of aryl methyl sites for hydroxylation is 1. The molecule has 0 spiro atoms. The minimum Gasteiger partial charge on any atom is -0.207 e. The first-order valence-corrected chi connectivity index (χ1v) is 8.86. The van der Waals surface area contributed by atoms with Crippen LogP contribution in [-0.4, -0.2) is 14.0 Å². The van der Waals surface area contributed by atoms with E-state index < -0.39 is 15.6 Å². The van der Waals surface area contributed by atoms with Crippen molar-refractivity contribution in [1.82, 2.24) is 4.72 Å². The molecule has 5 heteroatoms. The molecular formula is C17H20ClNO2S. The number of hydrogen-bond acceptors (Lipinski definition) is 2. The second-order valence-corrected chi connectivity index (χ2v) is 8.29. The summed E-state index contributed by atoms with van der Waals surface area (Å²) in [6.45, 7) is 7.20. The Bertz CT molecular complexity index is 778. The lowest BCUT2D eigenvalue weighted by Gasteiger charge is -2.23. The summed E-state index contributed by atoms with van der Waals surface area (Å²) in [5.74, 6) is 0. The third kappa shape index (κ3) is 3.69. The zero-order chi connectivity index (χ0) is 16.5. The molecule has 0 saturated carbocycles. The second kappa shape index (κ2) is 6.03. The Kier molecular flexibility index (Phi) is 4.66. The fourth-order valence-corrected chi connectivity index (χ4v) is 4.47. The summed E-state index contributed by atoms with van der Waals surface area (Å²) in [7, 11) is -3.73. The van der Waals surface area contributed by atoms with Gasteiger partial charge in [-0.25, -0.2) is 13.1 Å². The molecule has 0 bridgehead atoms. The highest BCUT2D eigenvalue weighted by Gasteiger charge is 2.28. The molecular weight excluding hydrogens is 318 g/mol. The molecule has 3 nitrogen and oxygen atoms in total. The van der Waals surface area contributed by atoms with Crippen molar-refractivity contribution < 1.29 is 8.42 Å². The predicted molar refractivity (Wildman–Crippen MR) is 91.7 cm³/mol. The van der Waals surface area contributed by atoms with Crippen LogP contribution in [0.15, 0.2) is 47.4 Å². The van der Waals surface area contributed by atoms with E-state index in [2.05, 4.69) is 4.72 Å². The summed E-state index contributed by atoms with van der Waals surface area (Å²) in [4.78, 5) is 0.135. The van der Waals surface area contributed by atoms with Gasteiger partial charge in [-0.3, -0.25) is 0 Å². The van der Waals surface area contributed by atoms with Gasteiger partial charge in [0.25, 0.3) is 0 Å². The maximum absolute atomic E-state index is 12.8. The van der Waals surface area contributed by atoms with Gasteiger partial charge in [0.05, 0.1) is 5.02 Å². The van der Waals surface area contributed by atoms with Gasteiger partial charge >= 0.3 is 0 Å². The average Bonchev–Trinajstić information content (AvgIpc) is 2.39. The van der Waals surface area contributed by atoms with Gasteiger partial charge in [-0.05, 0) is 38.8 Å². The lowest BCUT2D eigenvalue weighted by atomic mass is 10.0. The van der Waals surface area contributed by atoms with Crippen molar-refractivity contribution in [1.29, 1.82) is 0 Å². The molecule has 22 heavy (non-hydrogen) atoms. The molecule has 0 heterocycles. The van der Waals surface area contributed by atoms with Gasteiger partial charge in [0, 0.05) is 11.1 Å². The number of rotatable bonds is 3. The highest BCUT2D eigenvalue weighted by Crippen LogP contribution is 2.35. The van der Waals surface area contributed by atoms with Crippen molar-refractivity contribution in [2.45, 2.75) is 38.1 Å². The summed E-state index contributed by atoms with van der Waals surface area (Å²) in [6, 6.07) is 13.0. The maximum atomic E-state index is 12.8. The van der Waals surface area contributed by atoms with Crippen LogP contribution in [0.1, 0.15) is 26.3 Å². The maximum Gasteiger partial charge on any atom is 0.243 e. The Balaban J connectivity index is 2.72. The van der Waals surface area contributed by atoms with E-state index in [1.54, 1.807) is 33.8 Å². The fourth-order valence-electron chi connectivity index (χ4n) is 2.22. The number of nitrogens with one attached hydrogen (secondary N) is 1. The topological polar surface area (TPSA) is 46.2 Å². The molecule has 1 N–H and O–H groups in total. The molecule has 0 saturated heterocycles. The molecule has 118 valence electrons. The van der Waals surface area contributed by atoms with Crippen LogP contribution >= 0.6 is 11.6 Å². The molecule has 0 aliphatic heterocycles. The normalized spacial score (nSPS) is 12.4. The van der Waals surface area contributed by atoms with E-state index in [-0.39, 0.29) is 9.92 Å². The quantitative estimate of drug-likeness (QED) is 0.902. The van der Waals surface area contributed by atoms with Gasteiger partial charge in [-0.15, -0.1) is 0 Å².